The maximum atomic E-state index is 4.50. The van der Waals surface area contributed by atoms with E-state index < -0.39 is 0 Å². The second-order valence-corrected chi connectivity index (χ2v) is 5.45. The zero-order chi connectivity index (χ0) is 15.4. The number of aryl methyl sites for hydroxylation is 1. The molecule has 21 heavy (non-hydrogen) atoms. The van der Waals surface area contributed by atoms with Crippen LogP contribution in [0, 0.1) is 6.92 Å². The zero-order valence-corrected chi connectivity index (χ0v) is 13.2. The average molecular weight is 286 g/mol. The van der Waals surface area contributed by atoms with Crippen LogP contribution in [0.4, 0.5) is 23.3 Å². The molecule has 0 aliphatic heterocycles. The Labute approximate surface area is 125 Å². The number of hydrogen-bond acceptors (Lipinski definition) is 6. The number of nitrogens with one attached hydrogen (secondary N) is 2. The van der Waals surface area contributed by atoms with Crippen molar-refractivity contribution in [3.05, 3.63) is 30.1 Å². The van der Waals surface area contributed by atoms with Crippen molar-refractivity contribution in [3.8, 4) is 0 Å². The van der Waals surface area contributed by atoms with Gasteiger partial charge in [0, 0.05) is 31.9 Å². The molecule has 0 fully saturated rings. The molecular formula is C15H22N6. The molecule has 0 aliphatic carbocycles. The SMILES string of the molecule is Cc1cnc(Nc2ccc(NC(C)C)nc2)nc1N(C)C. The van der Waals surface area contributed by atoms with Gasteiger partial charge in [-0.1, -0.05) is 0 Å². The predicted octanol–water partition coefficient (Wildman–Crippen LogP) is 2.81. The van der Waals surface area contributed by atoms with Gasteiger partial charge in [-0.05, 0) is 32.9 Å². The third-order valence-corrected chi connectivity index (χ3v) is 2.82. The molecule has 0 radical (unpaired) electrons. The molecule has 6 heteroatoms. The fraction of sp³-hybridized carbons (Fsp3) is 0.400. The van der Waals surface area contributed by atoms with Gasteiger partial charge in [-0.3, -0.25) is 0 Å². The second kappa shape index (κ2) is 6.39. The molecule has 0 amide bonds. The molecule has 0 saturated heterocycles. The Balaban J connectivity index is 2.13. The summed E-state index contributed by atoms with van der Waals surface area (Å²) in [5.74, 6) is 2.32. The summed E-state index contributed by atoms with van der Waals surface area (Å²) < 4.78 is 0. The number of rotatable bonds is 5. The molecule has 2 aromatic heterocycles. The van der Waals surface area contributed by atoms with Crippen molar-refractivity contribution in [2.45, 2.75) is 26.8 Å². The van der Waals surface area contributed by atoms with E-state index in [-0.39, 0.29) is 0 Å². The molecule has 0 atom stereocenters. The van der Waals surface area contributed by atoms with Gasteiger partial charge >= 0.3 is 0 Å². The summed E-state index contributed by atoms with van der Waals surface area (Å²) in [5.41, 5.74) is 1.90. The molecule has 2 aromatic rings. The first-order chi connectivity index (χ1) is 9.95. The van der Waals surface area contributed by atoms with Crippen LogP contribution in [0.2, 0.25) is 0 Å². The van der Waals surface area contributed by atoms with Gasteiger partial charge in [-0.15, -0.1) is 0 Å². The Kier molecular flexibility index (Phi) is 4.57. The second-order valence-electron chi connectivity index (χ2n) is 5.45. The smallest absolute Gasteiger partial charge is 0.229 e. The number of nitrogens with zero attached hydrogens (tertiary/aromatic N) is 4. The molecule has 2 heterocycles. The minimum absolute atomic E-state index is 0.361. The lowest BCUT2D eigenvalue weighted by atomic mass is 10.3. The van der Waals surface area contributed by atoms with Gasteiger partial charge in [-0.2, -0.15) is 4.98 Å². The first-order valence-corrected chi connectivity index (χ1v) is 6.96. The van der Waals surface area contributed by atoms with E-state index in [1.807, 2.05) is 44.2 Å². The van der Waals surface area contributed by atoms with Crippen LogP contribution >= 0.6 is 0 Å². The summed E-state index contributed by atoms with van der Waals surface area (Å²) >= 11 is 0. The van der Waals surface area contributed by atoms with E-state index in [2.05, 4.69) is 39.4 Å². The Morgan fingerprint density at radius 3 is 2.43 bits per heavy atom. The van der Waals surface area contributed by atoms with Crippen LogP contribution in [0.25, 0.3) is 0 Å². The lowest BCUT2D eigenvalue weighted by Crippen LogP contribution is -2.14. The van der Waals surface area contributed by atoms with Crippen LogP contribution in [0.1, 0.15) is 19.4 Å². The fourth-order valence-corrected chi connectivity index (χ4v) is 1.92. The van der Waals surface area contributed by atoms with Gasteiger partial charge in [0.25, 0.3) is 0 Å². The van der Waals surface area contributed by atoms with Crippen molar-refractivity contribution in [1.29, 1.82) is 0 Å². The van der Waals surface area contributed by atoms with Gasteiger partial charge in [0.15, 0.2) is 0 Å². The van der Waals surface area contributed by atoms with Gasteiger partial charge in [0.2, 0.25) is 5.95 Å². The normalized spacial score (nSPS) is 10.6. The highest BCUT2D eigenvalue weighted by Gasteiger charge is 2.06. The third-order valence-electron chi connectivity index (χ3n) is 2.82. The van der Waals surface area contributed by atoms with E-state index in [1.165, 1.54) is 0 Å². The van der Waals surface area contributed by atoms with Crippen LogP contribution in [0.3, 0.4) is 0 Å². The Morgan fingerprint density at radius 1 is 1.10 bits per heavy atom. The highest BCUT2D eigenvalue weighted by Crippen LogP contribution is 2.18. The van der Waals surface area contributed by atoms with Crippen LogP contribution in [-0.4, -0.2) is 35.1 Å². The van der Waals surface area contributed by atoms with Crippen molar-refractivity contribution >= 4 is 23.3 Å². The Morgan fingerprint density at radius 2 is 1.86 bits per heavy atom. The monoisotopic (exact) mass is 286 g/mol. The molecular weight excluding hydrogens is 264 g/mol. The van der Waals surface area contributed by atoms with Crippen molar-refractivity contribution in [2.24, 2.45) is 0 Å². The molecule has 0 aliphatic rings. The number of pyridine rings is 1. The highest BCUT2D eigenvalue weighted by molar-refractivity contribution is 5.57. The highest BCUT2D eigenvalue weighted by atomic mass is 15.2. The largest absolute Gasteiger partial charge is 0.368 e. The van der Waals surface area contributed by atoms with Gasteiger partial charge in [-0.25, -0.2) is 9.97 Å². The van der Waals surface area contributed by atoms with Crippen molar-refractivity contribution in [1.82, 2.24) is 15.0 Å². The van der Waals surface area contributed by atoms with Gasteiger partial charge < -0.3 is 15.5 Å². The van der Waals surface area contributed by atoms with Crippen LogP contribution < -0.4 is 15.5 Å². The van der Waals surface area contributed by atoms with E-state index in [0.717, 1.165) is 22.9 Å². The molecule has 2 N–H and O–H groups in total. The summed E-state index contributed by atoms with van der Waals surface area (Å²) in [4.78, 5) is 15.1. The van der Waals surface area contributed by atoms with E-state index in [1.54, 1.807) is 6.20 Å². The summed E-state index contributed by atoms with van der Waals surface area (Å²) in [6.45, 7) is 6.15. The number of anilines is 4. The maximum absolute atomic E-state index is 4.50. The lowest BCUT2D eigenvalue weighted by molar-refractivity contribution is 0.889. The maximum Gasteiger partial charge on any atom is 0.229 e. The minimum atomic E-state index is 0.361. The van der Waals surface area contributed by atoms with Crippen molar-refractivity contribution < 1.29 is 0 Å². The van der Waals surface area contributed by atoms with Crippen LogP contribution in [0.5, 0.6) is 0 Å². The summed E-state index contributed by atoms with van der Waals surface area (Å²) in [7, 11) is 3.93. The van der Waals surface area contributed by atoms with E-state index >= 15 is 0 Å². The molecule has 0 bridgehead atoms. The quantitative estimate of drug-likeness (QED) is 0.881. The first-order valence-electron chi connectivity index (χ1n) is 6.96. The van der Waals surface area contributed by atoms with E-state index in [9.17, 15) is 0 Å². The molecule has 2 rings (SSSR count). The average Bonchev–Trinajstić information content (AvgIpc) is 2.42. The summed E-state index contributed by atoms with van der Waals surface area (Å²) in [6, 6.07) is 4.25. The molecule has 0 aromatic carbocycles. The molecule has 112 valence electrons. The van der Waals surface area contributed by atoms with Crippen molar-refractivity contribution in [2.75, 3.05) is 29.6 Å². The van der Waals surface area contributed by atoms with E-state index in [4.69, 9.17) is 0 Å². The van der Waals surface area contributed by atoms with Crippen molar-refractivity contribution in [3.63, 3.8) is 0 Å². The van der Waals surface area contributed by atoms with Gasteiger partial charge in [0.1, 0.15) is 11.6 Å². The first kappa shape index (κ1) is 15.0. The number of hydrogen-bond donors (Lipinski definition) is 2. The van der Waals surface area contributed by atoms with Gasteiger partial charge in [0.05, 0.1) is 11.9 Å². The number of aromatic nitrogens is 3. The Bertz CT molecular complexity index is 592. The zero-order valence-electron chi connectivity index (χ0n) is 13.2. The predicted molar refractivity (Wildman–Crippen MR) is 87.4 cm³/mol. The summed E-state index contributed by atoms with van der Waals surface area (Å²) in [5, 5.41) is 6.42. The third kappa shape index (κ3) is 4.05. The van der Waals surface area contributed by atoms with E-state index in [0.29, 0.717) is 12.0 Å². The lowest BCUT2D eigenvalue weighted by Gasteiger charge is -2.15. The fourth-order valence-electron chi connectivity index (χ4n) is 1.92. The molecule has 0 unspecified atom stereocenters. The Hall–Kier alpha value is -2.37. The standard InChI is InChI=1S/C15H22N6/c1-10(2)18-13-7-6-12(9-16-13)19-15-17-8-11(3)14(20-15)21(4)5/h6-10H,1-5H3,(H,16,18)(H,17,19,20). The summed E-state index contributed by atoms with van der Waals surface area (Å²) in [6.07, 6.45) is 3.58. The molecule has 0 saturated carbocycles. The topological polar surface area (TPSA) is 66.0 Å². The molecule has 0 spiro atoms. The van der Waals surface area contributed by atoms with Crippen LogP contribution in [0.15, 0.2) is 24.5 Å². The minimum Gasteiger partial charge on any atom is -0.368 e. The van der Waals surface area contributed by atoms with Crippen LogP contribution in [-0.2, 0) is 0 Å². The molecule has 6 nitrogen and oxygen atoms in total.